The van der Waals surface area contributed by atoms with Gasteiger partial charge in [-0.1, -0.05) is 99.0 Å². The molecular formula is C27H30Br2N2O2. The van der Waals surface area contributed by atoms with E-state index in [4.69, 9.17) is 9.73 Å². The second-order valence-electron chi connectivity index (χ2n) is 7.55. The lowest BCUT2D eigenvalue weighted by atomic mass is 10.1. The average Bonchev–Trinajstić information content (AvgIpc) is 3.19. The zero-order chi connectivity index (χ0) is 24.1. The molecule has 0 radical (unpaired) electrons. The highest BCUT2D eigenvalue weighted by Crippen LogP contribution is 2.26. The van der Waals surface area contributed by atoms with Gasteiger partial charge in [-0.3, -0.25) is 0 Å². The molecule has 1 aromatic heterocycles. The maximum Gasteiger partial charge on any atom is 0.159 e. The maximum absolute atomic E-state index is 8.88. The number of hydrogen-bond donors (Lipinski definition) is 1. The van der Waals surface area contributed by atoms with Crippen LogP contribution < -0.4 is 0 Å². The molecule has 1 N–H and O–H groups in total. The van der Waals surface area contributed by atoms with E-state index in [9.17, 15) is 0 Å². The van der Waals surface area contributed by atoms with Crippen molar-refractivity contribution >= 4 is 37.6 Å². The molecule has 1 heterocycles. The van der Waals surface area contributed by atoms with Crippen LogP contribution in [-0.2, 0) is 6.42 Å². The number of nitrogens with zero attached hydrogens (tertiary/aromatic N) is 2. The van der Waals surface area contributed by atoms with Crippen LogP contribution in [0.3, 0.4) is 0 Å². The van der Waals surface area contributed by atoms with Gasteiger partial charge in [0.05, 0.1) is 0 Å². The van der Waals surface area contributed by atoms with E-state index in [0.29, 0.717) is 5.71 Å². The van der Waals surface area contributed by atoms with Crippen molar-refractivity contribution < 1.29 is 9.73 Å². The van der Waals surface area contributed by atoms with Crippen molar-refractivity contribution in [3.8, 4) is 23.1 Å². The Labute approximate surface area is 213 Å². The zero-order valence-corrected chi connectivity index (χ0v) is 22.5. The number of unbranched alkanes of at least 4 members (excludes halogenated alkanes) is 3. The third-order valence-electron chi connectivity index (χ3n) is 4.98. The molecule has 6 heteroatoms. The second kappa shape index (κ2) is 14.7. The molecule has 0 unspecified atom stereocenters. The van der Waals surface area contributed by atoms with Crippen LogP contribution in [0.15, 0.2) is 67.2 Å². The fraction of sp³-hybridized carbons (Fsp3) is 0.333. The van der Waals surface area contributed by atoms with Gasteiger partial charge in [-0.25, -0.2) is 0 Å². The summed E-state index contributed by atoms with van der Waals surface area (Å²) >= 11 is 6.78. The highest BCUT2D eigenvalue weighted by Gasteiger charge is 2.12. The molecule has 4 nitrogen and oxygen atoms in total. The quantitative estimate of drug-likeness (QED) is 0.101. The van der Waals surface area contributed by atoms with Crippen molar-refractivity contribution in [3.05, 3.63) is 74.4 Å². The SMILES string of the molecule is CCCCC#C/C(=N\O)c1ccc(Br)cc1.CCCCc1onc(-c2ccc(Br)cc2)c1C. The number of aromatic nitrogens is 1. The van der Waals surface area contributed by atoms with Gasteiger partial charge in [-0.05, 0) is 50.0 Å². The van der Waals surface area contributed by atoms with Crippen LogP contribution in [0.5, 0.6) is 0 Å². The van der Waals surface area contributed by atoms with Crippen LogP contribution in [0.4, 0.5) is 0 Å². The molecule has 0 spiro atoms. The van der Waals surface area contributed by atoms with Gasteiger partial charge >= 0.3 is 0 Å². The molecule has 3 aromatic rings. The third kappa shape index (κ3) is 8.83. The molecule has 0 aliphatic rings. The first-order valence-electron chi connectivity index (χ1n) is 11.2. The van der Waals surface area contributed by atoms with E-state index < -0.39 is 0 Å². The van der Waals surface area contributed by atoms with Crippen LogP contribution in [0.2, 0.25) is 0 Å². The molecule has 3 rings (SSSR count). The summed E-state index contributed by atoms with van der Waals surface area (Å²) in [6, 6.07) is 15.7. The van der Waals surface area contributed by atoms with Gasteiger partial charge in [0.25, 0.3) is 0 Å². The summed E-state index contributed by atoms with van der Waals surface area (Å²) in [5, 5.41) is 16.3. The van der Waals surface area contributed by atoms with E-state index in [1.807, 2.05) is 36.4 Å². The first kappa shape index (κ1) is 26.9. The van der Waals surface area contributed by atoms with Crippen molar-refractivity contribution in [1.29, 1.82) is 0 Å². The molecule has 33 heavy (non-hydrogen) atoms. The molecule has 174 valence electrons. The minimum absolute atomic E-state index is 0.420. The Balaban J connectivity index is 0.000000234. The van der Waals surface area contributed by atoms with Gasteiger partial charge in [0.1, 0.15) is 11.5 Å². The van der Waals surface area contributed by atoms with Gasteiger partial charge in [0.15, 0.2) is 5.71 Å². The fourth-order valence-electron chi connectivity index (χ4n) is 2.99. The lowest BCUT2D eigenvalue weighted by molar-refractivity contribution is 0.320. The fourth-order valence-corrected chi connectivity index (χ4v) is 3.52. The summed E-state index contributed by atoms with van der Waals surface area (Å²) < 4.78 is 7.49. The Hall–Kier alpha value is -2.36. The lowest BCUT2D eigenvalue weighted by Crippen LogP contribution is -1.96. The van der Waals surface area contributed by atoms with Gasteiger partial charge in [0.2, 0.25) is 0 Å². The Kier molecular flexibility index (Phi) is 12.0. The third-order valence-corrected chi connectivity index (χ3v) is 6.03. The number of rotatable bonds is 7. The van der Waals surface area contributed by atoms with Crippen molar-refractivity contribution in [2.75, 3.05) is 0 Å². The molecular weight excluding hydrogens is 544 g/mol. The highest BCUT2D eigenvalue weighted by molar-refractivity contribution is 9.10. The first-order valence-corrected chi connectivity index (χ1v) is 12.8. The predicted molar refractivity (Wildman–Crippen MR) is 143 cm³/mol. The van der Waals surface area contributed by atoms with E-state index in [1.54, 1.807) is 0 Å². The van der Waals surface area contributed by atoms with E-state index in [0.717, 1.165) is 63.6 Å². The second-order valence-corrected chi connectivity index (χ2v) is 9.38. The minimum atomic E-state index is 0.420. The molecule has 0 atom stereocenters. The standard InChI is InChI=1S/C14H16BrNO.C13H14BrNO/c1-3-4-5-13-10(2)14(16-17-13)11-6-8-12(15)9-7-11;1-2-3-4-5-6-13(15-16)11-7-9-12(14)10-8-11/h6-9H,3-5H2,1-2H3;7-10,16H,2-4H2,1H3/b;15-13+. The molecule has 0 aliphatic carbocycles. The number of hydrogen-bond acceptors (Lipinski definition) is 4. The Bertz CT molecular complexity index is 1080. The molecule has 2 aromatic carbocycles. The van der Waals surface area contributed by atoms with E-state index in [2.05, 4.69) is 86.9 Å². The summed E-state index contributed by atoms with van der Waals surface area (Å²) in [7, 11) is 0. The van der Waals surface area contributed by atoms with Gasteiger partial charge in [0, 0.05) is 38.5 Å². The van der Waals surface area contributed by atoms with Crippen molar-refractivity contribution in [3.63, 3.8) is 0 Å². The molecule has 0 saturated heterocycles. The Morgan fingerprint density at radius 2 is 1.58 bits per heavy atom. The molecule has 0 bridgehead atoms. The van der Waals surface area contributed by atoms with E-state index >= 15 is 0 Å². The summed E-state index contributed by atoms with van der Waals surface area (Å²) in [6.45, 7) is 6.39. The van der Waals surface area contributed by atoms with E-state index in [1.165, 1.54) is 12.0 Å². The van der Waals surface area contributed by atoms with Crippen LogP contribution in [0.1, 0.15) is 62.8 Å². The summed E-state index contributed by atoms with van der Waals surface area (Å²) in [6.07, 6.45) is 6.34. The van der Waals surface area contributed by atoms with Crippen molar-refractivity contribution in [2.24, 2.45) is 5.16 Å². The summed E-state index contributed by atoms with van der Waals surface area (Å²) in [5.74, 6) is 6.89. The van der Waals surface area contributed by atoms with Crippen molar-refractivity contribution in [2.45, 2.75) is 59.3 Å². The molecule has 0 aliphatic heterocycles. The number of halogens is 2. The normalized spacial score (nSPS) is 10.8. The largest absolute Gasteiger partial charge is 0.410 e. The van der Waals surface area contributed by atoms with Gasteiger partial charge in [-0.2, -0.15) is 0 Å². The number of oxime groups is 1. The van der Waals surface area contributed by atoms with Gasteiger partial charge < -0.3 is 9.73 Å². The molecule has 0 amide bonds. The topological polar surface area (TPSA) is 58.6 Å². The highest BCUT2D eigenvalue weighted by atomic mass is 79.9. The van der Waals surface area contributed by atoms with E-state index in [-0.39, 0.29) is 0 Å². The first-order chi connectivity index (χ1) is 16.0. The smallest absolute Gasteiger partial charge is 0.159 e. The van der Waals surface area contributed by atoms with Gasteiger partial charge in [-0.15, -0.1) is 0 Å². The summed E-state index contributed by atoms with van der Waals surface area (Å²) in [5.41, 5.74) is 4.49. The van der Waals surface area contributed by atoms with Crippen LogP contribution >= 0.6 is 31.9 Å². The predicted octanol–water partition coefficient (Wildman–Crippen LogP) is 8.58. The Morgan fingerprint density at radius 3 is 2.15 bits per heavy atom. The van der Waals surface area contributed by atoms with Crippen LogP contribution in [0.25, 0.3) is 11.3 Å². The maximum atomic E-state index is 8.88. The zero-order valence-electron chi connectivity index (χ0n) is 19.4. The minimum Gasteiger partial charge on any atom is -0.410 e. The summed E-state index contributed by atoms with van der Waals surface area (Å²) in [4.78, 5) is 0. The lowest BCUT2D eigenvalue weighted by Gasteiger charge is -1.98. The molecule has 0 fully saturated rings. The van der Waals surface area contributed by atoms with Crippen LogP contribution in [-0.4, -0.2) is 16.1 Å². The Morgan fingerprint density at radius 1 is 0.970 bits per heavy atom. The van der Waals surface area contributed by atoms with Crippen LogP contribution in [0, 0.1) is 18.8 Å². The monoisotopic (exact) mass is 572 g/mol. The van der Waals surface area contributed by atoms with Crippen molar-refractivity contribution in [1.82, 2.24) is 5.16 Å². The molecule has 0 saturated carbocycles. The number of benzene rings is 2. The number of aryl methyl sites for hydroxylation is 1. The average molecular weight is 574 g/mol.